The summed E-state index contributed by atoms with van der Waals surface area (Å²) in [5.74, 6) is 1.54. The first kappa shape index (κ1) is 15.2. The van der Waals surface area contributed by atoms with E-state index in [2.05, 4.69) is 56.8 Å². The van der Waals surface area contributed by atoms with Gasteiger partial charge in [0.2, 0.25) is 0 Å². The van der Waals surface area contributed by atoms with Crippen LogP contribution in [0, 0.1) is 13.8 Å². The molecule has 0 radical (unpaired) electrons. The first-order valence-corrected chi connectivity index (χ1v) is 8.08. The van der Waals surface area contributed by atoms with E-state index in [0.717, 1.165) is 39.6 Å². The fourth-order valence-corrected chi connectivity index (χ4v) is 3.03. The molecule has 0 saturated carbocycles. The van der Waals surface area contributed by atoms with E-state index in [9.17, 15) is 0 Å². The summed E-state index contributed by atoms with van der Waals surface area (Å²) in [5.41, 5.74) is 5.26. The topological polar surface area (TPSA) is 56.5 Å². The Labute approximate surface area is 146 Å². The largest absolute Gasteiger partial charge is 0.274 e. The Hall–Kier alpha value is -3.34. The van der Waals surface area contributed by atoms with Crippen LogP contribution in [0.15, 0.2) is 67.3 Å². The summed E-state index contributed by atoms with van der Waals surface area (Å²) < 4.78 is 2.10. The minimum absolute atomic E-state index is 0.733. The van der Waals surface area contributed by atoms with E-state index in [4.69, 9.17) is 0 Å². The molecule has 0 aliphatic carbocycles. The van der Waals surface area contributed by atoms with Gasteiger partial charge in [-0.3, -0.25) is 4.57 Å². The third kappa shape index (κ3) is 2.70. The van der Waals surface area contributed by atoms with E-state index >= 15 is 0 Å². The molecule has 4 aromatic rings. The van der Waals surface area contributed by atoms with Gasteiger partial charge in [0.05, 0.1) is 11.3 Å². The lowest BCUT2D eigenvalue weighted by molar-refractivity contribution is 1.03. The molecule has 0 fully saturated rings. The quantitative estimate of drug-likeness (QED) is 0.570. The molecular weight excluding hydrogens is 310 g/mol. The molecule has 0 N–H and O–H groups in total. The van der Waals surface area contributed by atoms with Crippen molar-refractivity contribution in [3.63, 3.8) is 0 Å². The van der Waals surface area contributed by atoms with Gasteiger partial charge in [-0.25, -0.2) is 9.97 Å². The highest BCUT2D eigenvalue weighted by Gasteiger charge is 2.19. The summed E-state index contributed by atoms with van der Waals surface area (Å²) in [4.78, 5) is 8.26. The maximum atomic E-state index is 4.48. The zero-order chi connectivity index (χ0) is 17.2. The van der Waals surface area contributed by atoms with Crippen molar-refractivity contribution < 1.29 is 0 Å². The van der Waals surface area contributed by atoms with E-state index in [0.29, 0.717) is 0 Å². The summed E-state index contributed by atoms with van der Waals surface area (Å²) in [6.45, 7) is 4.20. The van der Waals surface area contributed by atoms with Crippen LogP contribution in [0.3, 0.4) is 0 Å². The molecule has 2 heterocycles. The summed E-state index contributed by atoms with van der Waals surface area (Å²) in [7, 11) is 0. The highest BCUT2D eigenvalue weighted by molar-refractivity contribution is 5.67. The normalized spacial score (nSPS) is 10.8. The number of aromatic nitrogens is 5. The second-order valence-corrected chi connectivity index (χ2v) is 5.92. The van der Waals surface area contributed by atoms with Gasteiger partial charge >= 0.3 is 0 Å². The van der Waals surface area contributed by atoms with Crippen molar-refractivity contribution in [2.75, 3.05) is 0 Å². The molecule has 0 atom stereocenters. The number of hydrogen-bond donors (Lipinski definition) is 0. The molecule has 0 aliphatic rings. The summed E-state index contributed by atoms with van der Waals surface area (Å²) >= 11 is 0. The predicted octanol–water partition coefficient (Wildman–Crippen LogP) is 4.01. The maximum Gasteiger partial charge on any atom is 0.172 e. The van der Waals surface area contributed by atoms with Crippen molar-refractivity contribution in [2.24, 2.45) is 0 Å². The average Bonchev–Trinajstić information content (AvgIpc) is 3.08. The van der Waals surface area contributed by atoms with Crippen LogP contribution in [-0.4, -0.2) is 24.7 Å². The number of para-hydroxylation sites is 1. The lowest BCUT2D eigenvalue weighted by atomic mass is 10.1. The van der Waals surface area contributed by atoms with Crippen LogP contribution >= 0.6 is 0 Å². The summed E-state index contributed by atoms with van der Waals surface area (Å²) in [6.07, 6.45) is 5.03. The van der Waals surface area contributed by atoms with Crippen LogP contribution in [0.5, 0.6) is 0 Å². The van der Waals surface area contributed by atoms with Gasteiger partial charge in [0.15, 0.2) is 11.6 Å². The first-order chi connectivity index (χ1) is 12.3. The van der Waals surface area contributed by atoms with E-state index < -0.39 is 0 Å². The van der Waals surface area contributed by atoms with Crippen molar-refractivity contribution in [3.8, 4) is 28.5 Å². The maximum absolute atomic E-state index is 4.48. The molecule has 5 heteroatoms. The Morgan fingerprint density at radius 1 is 0.680 bits per heavy atom. The van der Waals surface area contributed by atoms with Gasteiger partial charge in [-0.1, -0.05) is 48.5 Å². The number of rotatable bonds is 3. The van der Waals surface area contributed by atoms with Crippen LogP contribution in [0.4, 0.5) is 0 Å². The van der Waals surface area contributed by atoms with Gasteiger partial charge in [-0.05, 0) is 25.0 Å². The molecule has 0 aliphatic heterocycles. The second-order valence-electron chi connectivity index (χ2n) is 5.92. The molecule has 122 valence electrons. The molecule has 0 spiro atoms. The van der Waals surface area contributed by atoms with Crippen LogP contribution in [-0.2, 0) is 0 Å². The van der Waals surface area contributed by atoms with Crippen molar-refractivity contribution in [2.45, 2.75) is 13.8 Å². The lowest BCUT2D eigenvalue weighted by Gasteiger charge is -2.15. The van der Waals surface area contributed by atoms with Gasteiger partial charge in [0.1, 0.15) is 6.33 Å². The van der Waals surface area contributed by atoms with E-state index in [1.54, 1.807) is 12.4 Å². The Balaban J connectivity index is 2.04. The molecule has 0 unspecified atom stereocenters. The minimum Gasteiger partial charge on any atom is -0.274 e. The molecule has 0 amide bonds. The molecule has 2 aromatic carbocycles. The second kappa shape index (κ2) is 6.28. The fraction of sp³-hybridized carbons (Fsp3) is 0.100. The first-order valence-electron chi connectivity index (χ1n) is 8.08. The standard InChI is InChI=1S/C20H17N5/c1-14-7-6-8-15(2)18(14)25-19(16-9-4-3-5-10-16)23-24-20(25)17-11-21-13-22-12-17/h3-13H,1-2H3. The average molecular weight is 327 g/mol. The van der Waals surface area contributed by atoms with Crippen molar-refractivity contribution in [3.05, 3.63) is 78.4 Å². The highest BCUT2D eigenvalue weighted by Crippen LogP contribution is 2.30. The smallest absolute Gasteiger partial charge is 0.172 e. The van der Waals surface area contributed by atoms with Gasteiger partial charge in [0.25, 0.3) is 0 Å². The fourth-order valence-electron chi connectivity index (χ4n) is 3.03. The molecule has 25 heavy (non-hydrogen) atoms. The number of benzene rings is 2. The Morgan fingerprint density at radius 2 is 1.28 bits per heavy atom. The zero-order valence-corrected chi connectivity index (χ0v) is 14.1. The van der Waals surface area contributed by atoms with Crippen molar-refractivity contribution in [1.29, 1.82) is 0 Å². The monoisotopic (exact) mass is 327 g/mol. The zero-order valence-electron chi connectivity index (χ0n) is 14.1. The van der Waals surface area contributed by atoms with Crippen LogP contribution in [0.1, 0.15) is 11.1 Å². The van der Waals surface area contributed by atoms with Crippen molar-refractivity contribution in [1.82, 2.24) is 24.7 Å². The molecule has 0 bridgehead atoms. The minimum atomic E-state index is 0.733. The predicted molar refractivity (Wildman–Crippen MR) is 97.3 cm³/mol. The van der Waals surface area contributed by atoms with Gasteiger partial charge in [-0.2, -0.15) is 0 Å². The molecule has 0 saturated heterocycles. The summed E-state index contributed by atoms with van der Waals surface area (Å²) in [6, 6.07) is 16.3. The molecule has 2 aromatic heterocycles. The van der Waals surface area contributed by atoms with Crippen LogP contribution in [0.25, 0.3) is 28.5 Å². The lowest BCUT2D eigenvalue weighted by Crippen LogP contribution is -2.05. The van der Waals surface area contributed by atoms with E-state index in [-0.39, 0.29) is 0 Å². The van der Waals surface area contributed by atoms with Crippen LogP contribution in [0.2, 0.25) is 0 Å². The number of aryl methyl sites for hydroxylation is 2. The third-order valence-electron chi connectivity index (χ3n) is 4.18. The highest BCUT2D eigenvalue weighted by atomic mass is 15.3. The van der Waals surface area contributed by atoms with Gasteiger partial charge in [-0.15, -0.1) is 10.2 Å². The molecular formula is C20H17N5. The van der Waals surface area contributed by atoms with Gasteiger partial charge in [0, 0.05) is 18.0 Å². The Morgan fingerprint density at radius 3 is 1.92 bits per heavy atom. The Bertz CT molecular complexity index is 930. The number of hydrogen-bond acceptors (Lipinski definition) is 4. The van der Waals surface area contributed by atoms with E-state index in [1.807, 2.05) is 30.3 Å². The van der Waals surface area contributed by atoms with E-state index in [1.165, 1.54) is 6.33 Å². The number of nitrogens with zero attached hydrogens (tertiary/aromatic N) is 5. The van der Waals surface area contributed by atoms with Gasteiger partial charge < -0.3 is 0 Å². The van der Waals surface area contributed by atoms with Crippen LogP contribution < -0.4 is 0 Å². The van der Waals surface area contributed by atoms with Crippen molar-refractivity contribution >= 4 is 0 Å². The molecule has 5 nitrogen and oxygen atoms in total. The molecule has 4 rings (SSSR count). The summed E-state index contributed by atoms with van der Waals surface area (Å²) in [5, 5.41) is 8.93. The SMILES string of the molecule is Cc1cccc(C)c1-n1c(-c2ccccc2)nnc1-c1cncnc1. The third-order valence-corrected chi connectivity index (χ3v) is 4.18. The Kier molecular flexibility index (Phi) is 3.82.